The first-order valence-corrected chi connectivity index (χ1v) is 7.68. The van der Waals surface area contributed by atoms with Crippen LogP contribution in [0, 0.1) is 0 Å². The Hall–Kier alpha value is -1.66. The third-order valence-corrected chi connectivity index (χ3v) is 3.46. The first kappa shape index (κ1) is 15.7. The molecule has 2 aromatic rings. The molecule has 0 atom stereocenters. The van der Waals surface area contributed by atoms with Crippen LogP contribution >= 0.6 is 31.9 Å². The zero-order valence-corrected chi connectivity index (χ0v) is 14.1. The Labute approximate surface area is 139 Å². The fraction of sp³-hybridized carbons (Fsp3) is 0.0667. The maximum absolute atomic E-state index is 11.6. The van der Waals surface area contributed by atoms with Crippen LogP contribution in [-0.2, 0) is 4.79 Å². The fourth-order valence-corrected chi connectivity index (χ4v) is 2.11. The molecule has 0 bridgehead atoms. The van der Waals surface area contributed by atoms with Crippen molar-refractivity contribution in [1.29, 1.82) is 0 Å². The standard InChI is InChI=1S/C15H12Br2N2O2/c16-12-6-4-11(5-7-12)9-18-19-15(20)10-21-14-3-1-2-13(17)8-14/h1-9H,10H2,(H,19,20)/b18-9+. The molecule has 0 aromatic heterocycles. The lowest BCUT2D eigenvalue weighted by molar-refractivity contribution is -0.123. The van der Waals surface area contributed by atoms with Gasteiger partial charge in [-0.2, -0.15) is 5.10 Å². The summed E-state index contributed by atoms with van der Waals surface area (Å²) in [4.78, 5) is 11.6. The van der Waals surface area contributed by atoms with Crippen LogP contribution in [0.1, 0.15) is 5.56 Å². The van der Waals surface area contributed by atoms with Gasteiger partial charge in [0.1, 0.15) is 5.75 Å². The number of ether oxygens (including phenoxy) is 1. The van der Waals surface area contributed by atoms with Crippen molar-refractivity contribution in [2.75, 3.05) is 6.61 Å². The van der Waals surface area contributed by atoms with Gasteiger partial charge in [0.15, 0.2) is 6.61 Å². The van der Waals surface area contributed by atoms with Crippen LogP contribution in [0.5, 0.6) is 5.75 Å². The van der Waals surface area contributed by atoms with E-state index in [0.717, 1.165) is 14.5 Å². The van der Waals surface area contributed by atoms with Gasteiger partial charge in [0.05, 0.1) is 6.21 Å². The Morgan fingerprint density at radius 1 is 1.14 bits per heavy atom. The van der Waals surface area contributed by atoms with Gasteiger partial charge in [-0.25, -0.2) is 5.43 Å². The van der Waals surface area contributed by atoms with E-state index >= 15 is 0 Å². The summed E-state index contributed by atoms with van der Waals surface area (Å²) in [5.41, 5.74) is 3.31. The van der Waals surface area contributed by atoms with Crippen LogP contribution in [-0.4, -0.2) is 18.7 Å². The van der Waals surface area contributed by atoms with E-state index in [4.69, 9.17) is 4.74 Å². The van der Waals surface area contributed by atoms with Crippen LogP contribution in [0.4, 0.5) is 0 Å². The van der Waals surface area contributed by atoms with Crippen molar-refractivity contribution in [2.45, 2.75) is 0 Å². The van der Waals surface area contributed by atoms with E-state index in [1.54, 1.807) is 18.3 Å². The molecule has 0 radical (unpaired) electrons. The number of hydrazone groups is 1. The molecular weight excluding hydrogens is 400 g/mol. The molecule has 0 heterocycles. The molecule has 2 rings (SSSR count). The summed E-state index contributed by atoms with van der Waals surface area (Å²) < 4.78 is 7.23. The van der Waals surface area contributed by atoms with Crippen molar-refractivity contribution < 1.29 is 9.53 Å². The second kappa shape index (κ2) is 7.95. The minimum Gasteiger partial charge on any atom is -0.484 e. The highest BCUT2D eigenvalue weighted by Crippen LogP contribution is 2.17. The third kappa shape index (κ3) is 5.69. The molecule has 1 amide bonds. The average molecular weight is 412 g/mol. The first-order chi connectivity index (χ1) is 10.1. The Morgan fingerprint density at radius 3 is 2.62 bits per heavy atom. The maximum atomic E-state index is 11.6. The Kier molecular flexibility index (Phi) is 5.95. The first-order valence-electron chi connectivity index (χ1n) is 6.09. The van der Waals surface area contributed by atoms with Crippen LogP contribution in [0.15, 0.2) is 62.6 Å². The largest absolute Gasteiger partial charge is 0.484 e. The number of carbonyl (C=O) groups excluding carboxylic acids is 1. The van der Waals surface area contributed by atoms with Gasteiger partial charge in [-0.1, -0.05) is 50.1 Å². The van der Waals surface area contributed by atoms with Crippen LogP contribution in [0.3, 0.4) is 0 Å². The monoisotopic (exact) mass is 410 g/mol. The normalized spacial score (nSPS) is 10.6. The minimum atomic E-state index is -0.316. The molecule has 2 aromatic carbocycles. The smallest absolute Gasteiger partial charge is 0.277 e. The number of nitrogens with one attached hydrogen (secondary N) is 1. The minimum absolute atomic E-state index is 0.0892. The molecule has 0 aliphatic carbocycles. The molecule has 0 unspecified atom stereocenters. The summed E-state index contributed by atoms with van der Waals surface area (Å²) in [5, 5.41) is 3.87. The molecule has 0 fully saturated rings. The summed E-state index contributed by atoms with van der Waals surface area (Å²) in [6, 6.07) is 14.9. The number of hydrogen-bond acceptors (Lipinski definition) is 3. The number of hydrogen-bond donors (Lipinski definition) is 1. The van der Waals surface area contributed by atoms with E-state index in [1.807, 2.05) is 36.4 Å². The highest BCUT2D eigenvalue weighted by Gasteiger charge is 2.01. The summed E-state index contributed by atoms with van der Waals surface area (Å²) in [6.07, 6.45) is 1.57. The molecule has 108 valence electrons. The SMILES string of the molecule is O=C(COc1cccc(Br)c1)N/N=C/c1ccc(Br)cc1. The molecule has 0 spiro atoms. The van der Waals surface area contributed by atoms with Gasteiger partial charge in [-0.3, -0.25) is 4.79 Å². The Balaban J connectivity index is 1.78. The van der Waals surface area contributed by atoms with Gasteiger partial charge in [0, 0.05) is 8.95 Å². The highest BCUT2D eigenvalue weighted by molar-refractivity contribution is 9.10. The molecule has 4 nitrogen and oxygen atoms in total. The molecular formula is C15H12Br2N2O2. The molecule has 0 aliphatic rings. The average Bonchev–Trinajstić information content (AvgIpc) is 2.47. The summed E-state index contributed by atoms with van der Waals surface area (Å²) in [6.45, 7) is -0.0892. The van der Waals surface area contributed by atoms with Crippen molar-refractivity contribution in [3.8, 4) is 5.75 Å². The molecule has 0 saturated heterocycles. The Bertz CT molecular complexity index is 642. The summed E-state index contributed by atoms with van der Waals surface area (Å²) >= 11 is 6.69. The van der Waals surface area contributed by atoms with Crippen LogP contribution in [0.2, 0.25) is 0 Å². The van der Waals surface area contributed by atoms with E-state index in [2.05, 4.69) is 42.4 Å². The lowest BCUT2D eigenvalue weighted by atomic mass is 10.2. The summed E-state index contributed by atoms with van der Waals surface area (Å²) in [5.74, 6) is 0.305. The predicted octanol–water partition coefficient (Wildman–Crippen LogP) is 3.74. The predicted molar refractivity (Wildman–Crippen MR) is 89.5 cm³/mol. The van der Waals surface area contributed by atoms with Crippen molar-refractivity contribution in [1.82, 2.24) is 5.43 Å². The van der Waals surface area contributed by atoms with Crippen LogP contribution in [0.25, 0.3) is 0 Å². The number of halogens is 2. The topological polar surface area (TPSA) is 50.7 Å². The van der Waals surface area contributed by atoms with Crippen molar-refractivity contribution in [2.24, 2.45) is 5.10 Å². The van der Waals surface area contributed by atoms with Gasteiger partial charge >= 0.3 is 0 Å². The molecule has 0 saturated carbocycles. The van der Waals surface area contributed by atoms with Gasteiger partial charge < -0.3 is 4.74 Å². The van der Waals surface area contributed by atoms with E-state index in [-0.39, 0.29) is 12.5 Å². The second-order valence-electron chi connectivity index (χ2n) is 4.09. The number of benzene rings is 2. The van der Waals surface area contributed by atoms with Crippen molar-refractivity contribution in [3.63, 3.8) is 0 Å². The lowest BCUT2D eigenvalue weighted by Gasteiger charge is -2.05. The maximum Gasteiger partial charge on any atom is 0.277 e. The van der Waals surface area contributed by atoms with Crippen molar-refractivity contribution >= 4 is 44.0 Å². The molecule has 0 aliphatic heterocycles. The van der Waals surface area contributed by atoms with Gasteiger partial charge in [-0.15, -0.1) is 0 Å². The Morgan fingerprint density at radius 2 is 1.90 bits per heavy atom. The quantitative estimate of drug-likeness (QED) is 0.601. The summed E-state index contributed by atoms with van der Waals surface area (Å²) in [7, 11) is 0. The van der Waals surface area contributed by atoms with E-state index in [1.165, 1.54) is 0 Å². The van der Waals surface area contributed by atoms with Crippen LogP contribution < -0.4 is 10.2 Å². The number of rotatable bonds is 5. The van der Waals surface area contributed by atoms with Gasteiger partial charge in [0.2, 0.25) is 0 Å². The van der Waals surface area contributed by atoms with E-state index < -0.39 is 0 Å². The number of carbonyl (C=O) groups is 1. The van der Waals surface area contributed by atoms with Crippen molar-refractivity contribution in [3.05, 3.63) is 63.0 Å². The fourth-order valence-electron chi connectivity index (χ4n) is 1.47. The highest BCUT2D eigenvalue weighted by atomic mass is 79.9. The molecule has 6 heteroatoms. The number of amides is 1. The van der Waals surface area contributed by atoms with Gasteiger partial charge in [0.25, 0.3) is 5.91 Å². The van der Waals surface area contributed by atoms with E-state index in [0.29, 0.717) is 5.75 Å². The zero-order valence-electron chi connectivity index (χ0n) is 10.9. The number of nitrogens with zero attached hydrogens (tertiary/aromatic N) is 1. The van der Waals surface area contributed by atoms with Gasteiger partial charge in [-0.05, 0) is 35.9 Å². The lowest BCUT2D eigenvalue weighted by Crippen LogP contribution is -2.24. The van der Waals surface area contributed by atoms with E-state index in [9.17, 15) is 4.79 Å². The third-order valence-electron chi connectivity index (χ3n) is 2.44. The molecule has 1 N–H and O–H groups in total. The molecule has 21 heavy (non-hydrogen) atoms. The second-order valence-corrected chi connectivity index (χ2v) is 5.92. The zero-order chi connectivity index (χ0) is 15.1.